The Morgan fingerprint density at radius 2 is 1.82 bits per heavy atom. The summed E-state index contributed by atoms with van der Waals surface area (Å²) < 4.78 is 0. The molecule has 88 valence electrons. The lowest BCUT2D eigenvalue weighted by molar-refractivity contribution is 0.648. The highest BCUT2D eigenvalue weighted by Crippen LogP contribution is 2.00. The molecule has 0 aliphatic carbocycles. The number of rotatable bonds is 6. The van der Waals surface area contributed by atoms with Crippen LogP contribution in [0.2, 0.25) is 0 Å². The molecule has 0 fully saturated rings. The Morgan fingerprint density at radius 3 is 2.59 bits per heavy atom. The highest BCUT2D eigenvalue weighted by Gasteiger charge is 1.93. The average Bonchev–Trinajstić information content (AvgIpc) is 2.41. The fourth-order valence-corrected chi connectivity index (χ4v) is 1.70. The molecule has 0 aromatic carbocycles. The largest absolute Gasteiger partial charge is 0.313 e. The van der Waals surface area contributed by atoms with Crippen LogP contribution in [0, 0.1) is 0 Å². The van der Waals surface area contributed by atoms with Crippen molar-refractivity contribution < 1.29 is 0 Å². The highest BCUT2D eigenvalue weighted by atomic mass is 14.8. The van der Waals surface area contributed by atoms with Gasteiger partial charge in [0.15, 0.2) is 0 Å². The van der Waals surface area contributed by atoms with E-state index >= 15 is 0 Å². The van der Waals surface area contributed by atoms with E-state index < -0.39 is 0 Å². The minimum atomic E-state index is 0.912. The first kappa shape index (κ1) is 11.7. The second-order valence-corrected chi connectivity index (χ2v) is 4.00. The van der Waals surface area contributed by atoms with Crippen LogP contribution in [0.15, 0.2) is 49.1 Å². The van der Waals surface area contributed by atoms with E-state index in [1.165, 1.54) is 11.1 Å². The smallest absolute Gasteiger partial charge is 0.0299 e. The fourth-order valence-electron chi connectivity index (χ4n) is 1.70. The summed E-state index contributed by atoms with van der Waals surface area (Å²) in [6, 6.07) is 8.18. The molecule has 2 rings (SSSR count). The Bertz CT molecular complexity index is 372. The van der Waals surface area contributed by atoms with Crippen molar-refractivity contribution in [3.8, 4) is 0 Å². The molecule has 2 aromatic rings. The van der Waals surface area contributed by atoms with E-state index in [4.69, 9.17) is 0 Å². The third-order valence-corrected chi connectivity index (χ3v) is 2.62. The van der Waals surface area contributed by atoms with Gasteiger partial charge in [0, 0.05) is 31.3 Å². The SMILES string of the molecule is c1cncc(CCCNCc2ccncc2)c1. The molecule has 2 heterocycles. The van der Waals surface area contributed by atoms with Crippen LogP contribution >= 0.6 is 0 Å². The summed E-state index contributed by atoms with van der Waals surface area (Å²) >= 11 is 0. The topological polar surface area (TPSA) is 37.8 Å². The number of hydrogen-bond acceptors (Lipinski definition) is 3. The third-order valence-electron chi connectivity index (χ3n) is 2.62. The molecule has 0 saturated heterocycles. The number of nitrogens with zero attached hydrogens (tertiary/aromatic N) is 2. The standard InChI is InChI=1S/C14H17N3/c1-3-13(11-16-7-1)4-2-8-17-12-14-5-9-15-10-6-14/h1,3,5-7,9-11,17H,2,4,8,12H2. The first-order valence-electron chi connectivity index (χ1n) is 5.94. The van der Waals surface area contributed by atoms with Gasteiger partial charge in [-0.15, -0.1) is 0 Å². The third kappa shape index (κ3) is 4.33. The summed E-state index contributed by atoms with van der Waals surface area (Å²) in [6.07, 6.45) is 9.61. The molecule has 0 radical (unpaired) electrons. The van der Waals surface area contributed by atoms with E-state index in [1.807, 2.05) is 43.0 Å². The zero-order valence-corrected chi connectivity index (χ0v) is 9.84. The summed E-state index contributed by atoms with van der Waals surface area (Å²) in [5, 5.41) is 3.42. The number of pyridine rings is 2. The Morgan fingerprint density at radius 1 is 0.941 bits per heavy atom. The summed E-state index contributed by atoms with van der Waals surface area (Å²) in [7, 11) is 0. The molecule has 17 heavy (non-hydrogen) atoms. The Balaban J connectivity index is 1.61. The van der Waals surface area contributed by atoms with Gasteiger partial charge >= 0.3 is 0 Å². The van der Waals surface area contributed by atoms with Crippen LogP contribution in [0.5, 0.6) is 0 Å². The Labute approximate surface area is 102 Å². The van der Waals surface area contributed by atoms with Gasteiger partial charge in [-0.25, -0.2) is 0 Å². The van der Waals surface area contributed by atoms with Crippen LogP contribution in [-0.2, 0) is 13.0 Å². The molecule has 0 aliphatic rings. The average molecular weight is 227 g/mol. The van der Waals surface area contributed by atoms with E-state index in [1.54, 1.807) is 0 Å². The highest BCUT2D eigenvalue weighted by molar-refractivity contribution is 5.09. The van der Waals surface area contributed by atoms with Crippen LogP contribution in [0.1, 0.15) is 17.5 Å². The molecule has 2 aromatic heterocycles. The molecule has 0 bridgehead atoms. The van der Waals surface area contributed by atoms with Crippen molar-refractivity contribution in [3.05, 3.63) is 60.2 Å². The van der Waals surface area contributed by atoms with Gasteiger partial charge in [-0.05, 0) is 48.7 Å². The molecule has 0 saturated carbocycles. The van der Waals surface area contributed by atoms with Crippen molar-refractivity contribution in [2.75, 3.05) is 6.54 Å². The predicted molar refractivity (Wildman–Crippen MR) is 68.5 cm³/mol. The van der Waals surface area contributed by atoms with Gasteiger partial charge in [-0.3, -0.25) is 9.97 Å². The zero-order chi connectivity index (χ0) is 11.8. The maximum absolute atomic E-state index is 4.10. The predicted octanol–water partition coefficient (Wildman–Crippen LogP) is 2.20. The number of aryl methyl sites for hydroxylation is 1. The van der Waals surface area contributed by atoms with Crippen molar-refractivity contribution in [2.24, 2.45) is 0 Å². The first-order valence-corrected chi connectivity index (χ1v) is 5.94. The molecular weight excluding hydrogens is 210 g/mol. The summed E-state index contributed by atoms with van der Waals surface area (Å²) in [6.45, 7) is 1.94. The number of aromatic nitrogens is 2. The normalized spacial score (nSPS) is 10.4. The van der Waals surface area contributed by atoms with Gasteiger partial charge in [-0.1, -0.05) is 6.07 Å². The maximum Gasteiger partial charge on any atom is 0.0299 e. The monoisotopic (exact) mass is 227 g/mol. The molecule has 0 atom stereocenters. The first-order chi connectivity index (χ1) is 8.45. The van der Waals surface area contributed by atoms with Gasteiger partial charge in [0.05, 0.1) is 0 Å². The molecule has 0 spiro atoms. The minimum Gasteiger partial charge on any atom is -0.313 e. The van der Waals surface area contributed by atoms with Crippen molar-refractivity contribution in [1.29, 1.82) is 0 Å². The molecule has 0 unspecified atom stereocenters. The zero-order valence-electron chi connectivity index (χ0n) is 9.84. The van der Waals surface area contributed by atoms with Crippen molar-refractivity contribution in [1.82, 2.24) is 15.3 Å². The van der Waals surface area contributed by atoms with E-state index in [0.29, 0.717) is 0 Å². The second kappa shape index (κ2) is 6.76. The van der Waals surface area contributed by atoms with Crippen molar-refractivity contribution >= 4 is 0 Å². The quantitative estimate of drug-likeness (QED) is 0.769. The van der Waals surface area contributed by atoms with Gasteiger partial charge in [0.1, 0.15) is 0 Å². The van der Waals surface area contributed by atoms with Gasteiger partial charge in [-0.2, -0.15) is 0 Å². The van der Waals surface area contributed by atoms with E-state index in [9.17, 15) is 0 Å². The lowest BCUT2D eigenvalue weighted by atomic mass is 10.1. The van der Waals surface area contributed by atoms with Crippen LogP contribution < -0.4 is 5.32 Å². The molecular formula is C14H17N3. The van der Waals surface area contributed by atoms with Gasteiger partial charge in [0.25, 0.3) is 0 Å². The lowest BCUT2D eigenvalue weighted by Gasteiger charge is -2.04. The maximum atomic E-state index is 4.10. The number of nitrogens with one attached hydrogen (secondary N) is 1. The lowest BCUT2D eigenvalue weighted by Crippen LogP contribution is -2.15. The van der Waals surface area contributed by atoms with Crippen LogP contribution in [0.4, 0.5) is 0 Å². The molecule has 1 N–H and O–H groups in total. The minimum absolute atomic E-state index is 0.912. The summed E-state index contributed by atoms with van der Waals surface area (Å²) in [4.78, 5) is 8.10. The number of hydrogen-bond donors (Lipinski definition) is 1. The van der Waals surface area contributed by atoms with Gasteiger partial charge in [0.2, 0.25) is 0 Å². The van der Waals surface area contributed by atoms with Crippen molar-refractivity contribution in [2.45, 2.75) is 19.4 Å². The van der Waals surface area contributed by atoms with E-state index in [0.717, 1.165) is 25.9 Å². The summed E-state index contributed by atoms with van der Waals surface area (Å²) in [5.74, 6) is 0. The molecule has 3 heteroatoms. The Kier molecular flexibility index (Phi) is 4.67. The molecule has 0 aliphatic heterocycles. The molecule has 0 amide bonds. The Hall–Kier alpha value is -1.74. The van der Waals surface area contributed by atoms with Crippen molar-refractivity contribution in [3.63, 3.8) is 0 Å². The van der Waals surface area contributed by atoms with Crippen LogP contribution in [-0.4, -0.2) is 16.5 Å². The fraction of sp³-hybridized carbons (Fsp3) is 0.286. The van der Waals surface area contributed by atoms with E-state index in [2.05, 4.69) is 21.4 Å². The van der Waals surface area contributed by atoms with Crippen LogP contribution in [0.25, 0.3) is 0 Å². The molecule has 3 nitrogen and oxygen atoms in total. The summed E-state index contributed by atoms with van der Waals surface area (Å²) in [5.41, 5.74) is 2.58. The van der Waals surface area contributed by atoms with Crippen LogP contribution in [0.3, 0.4) is 0 Å². The van der Waals surface area contributed by atoms with E-state index in [-0.39, 0.29) is 0 Å². The second-order valence-electron chi connectivity index (χ2n) is 4.00. The van der Waals surface area contributed by atoms with Gasteiger partial charge < -0.3 is 5.32 Å².